The number of hydrogen-bond donors (Lipinski definition) is 1. The molecular weight excluding hydrogens is 236 g/mol. The van der Waals surface area contributed by atoms with Crippen LogP contribution in [0.1, 0.15) is 23.2 Å². The topological polar surface area (TPSA) is 32.3 Å². The number of carbonyl (C=O) groups is 1. The van der Waals surface area contributed by atoms with Gasteiger partial charge in [-0.1, -0.05) is 12.2 Å². The molecule has 0 radical (unpaired) electrons. The number of anilines is 1. The van der Waals surface area contributed by atoms with E-state index >= 15 is 0 Å². The minimum atomic E-state index is 0.0521. The summed E-state index contributed by atoms with van der Waals surface area (Å²) in [5.74, 6) is 1.29. The lowest BCUT2D eigenvalue weighted by Crippen LogP contribution is -2.37. The minimum absolute atomic E-state index is 0.0521. The molecule has 2 bridgehead atoms. The van der Waals surface area contributed by atoms with Gasteiger partial charge >= 0.3 is 0 Å². The fourth-order valence-corrected chi connectivity index (χ4v) is 3.11. The average Bonchev–Trinajstić information content (AvgIpc) is 3.01. The number of nitrogens with one attached hydrogen (secondary N) is 1. The molecule has 100 valence electrons. The van der Waals surface area contributed by atoms with E-state index in [0.717, 1.165) is 17.7 Å². The van der Waals surface area contributed by atoms with Gasteiger partial charge in [0.05, 0.1) is 0 Å². The van der Waals surface area contributed by atoms with Crippen LogP contribution in [0.5, 0.6) is 0 Å². The van der Waals surface area contributed by atoms with Crippen LogP contribution in [0.2, 0.25) is 0 Å². The predicted octanol–water partition coefficient (Wildman–Crippen LogP) is 2.45. The van der Waals surface area contributed by atoms with Crippen molar-refractivity contribution in [3.63, 3.8) is 0 Å². The summed E-state index contributed by atoms with van der Waals surface area (Å²) in [7, 11) is 3.99. The van der Waals surface area contributed by atoms with Gasteiger partial charge in [0.15, 0.2) is 0 Å². The number of allylic oxidation sites excluding steroid dienone is 1. The van der Waals surface area contributed by atoms with Gasteiger partial charge in [-0.15, -0.1) is 0 Å². The molecule has 3 unspecified atom stereocenters. The van der Waals surface area contributed by atoms with Crippen molar-refractivity contribution < 1.29 is 4.79 Å². The molecule has 2 aliphatic rings. The van der Waals surface area contributed by atoms with E-state index in [1.54, 1.807) is 0 Å². The molecule has 0 aromatic heterocycles. The fourth-order valence-electron chi connectivity index (χ4n) is 3.11. The summed E-state index contributed by atoms with van der Waals surface area (Å²) in [6.07, 6.45) is 6.86. The van der Waals surface area contributed by atoms with Crippen LogP contribution in [0, 0.1) is 11.8 Å². The largest absolute Gasteiger partial charge is 0.378 e. The van der Waals surface area contributed by atoms with Crippen LogP contribution in [0.25, 0.3) is 0 Å². The van der Waals surface area contributed by atoms with Crippen molar-refractivity contribution in [2.45, 2.75) is 18.9 Å². The van der Waals surface area contributed by atoms with Crippen LogP contribution in [0.15, 0.2) is 36.4 Å². The summed E-state index contributed by atoms with van der Waals surface area (Å²) in [5, 5.41) is 3.17. The third-order valence-electron chi connectivity index (χ3n) is 4.24. The zero-order valence-electron chi connectivity index (χ0n) is 11.5. The van der Waals surface area contributed by atoms with Crippen molar-refractivity contribution in [1.82, 2.24) is 5.32 Å². The Hall–Kier alpha value is -1.77. The highest BCUT2D eigenvalue weighted by atomic mass is 16.1. The Kier molecular flexibility index (Phi) is 3.05. The van der Waals surface area contributed by atoms with E-state index in [1.807, 2.05) is 43.3 Å². The van der Waals surface area contributed by atoms with E-state index in [1.165, 1.54) is 6.42 Å². The summed E-state index contributed by atoms with van der Waals surface area (Å²) >= 11 is 0. The smallest absolute Gasteiger partial charge is 0.251 e. The van der Waals surface area contributed by atoms with Crippen molar-refractivity contribution in [2.24, 2.45) is 11.8 Å². The maximum Gasteiger partial charge on any atom is 0.251 e. The number of hydrogen-bond acceptors (Lipinski definition) is 2. The molecule has 3 heteroatoms. The van der Waals surface area contributed by atoms with E-state index in [0.29, 0.717) is 17.9 Å². The average molecular weight is 256 g/mol. The van der Waals surface area contributed by atoms with E-state index in [9.17, 15) is 4.79 Å². The van der Waals surface area contributed by atoms with Crippen molar-refractivity contribution >= 4 is 11.6 Å². The lowest BCUT2D eigenvalue weighted by molar-refractivity contribution is 0.0931. The highest BCUT2D eigenvalue weighted by Crippen LogP contribution is 2.39. The Labute approximate surface area is 114 Å². The quantitative estimate of drug-likeness (QED) is 0.843. The SMILES string of the molecule is CN(C)c1ccc(C(=O)NC2CC3C=CC2C3)cc1. The molecule has 3 nitrogen and oxygen atoms in total. The molecule has 3 atom stereocenters. The molecule has 1 aromatic rings. The summed E-state index contributed by atoms with van der Waals surface area (Å²) in [6, 6.07) is 8.09. The standard InChI is InChI=1S/C16H20N2O/c1-18(2)14-7-5-12(6-8-14)16(19)17-15-10-11-3-4-13(15)9-11/h3-8,11,13,15H,9-10H2,1-2H3,(H,17,19). The second-order valence-corrected chi connectivity index (χ2v) is 5.80. The summed E-state index contributed by atoms with van der Waals surface area (Å²) in [5.41, 5.74) is 1.86. The van der Waals surface area contributed by atoms with Crippen LogP contribution >= 0.6 is 0 Å². The third kappa shape index (κ3) is 2.37. The van der Waals surface area contributed by atoms with Crippen molar-refractivity contribution in [2.75, 3.05) is 19.0 Å². The summed E-state index contributed by atoms with van der Waals surface area (Å²) < 4.78 is 0. The fraction of sp³-hybridized carbons (Fsp3) is 0.438. The van der Waals surface area contributed by atoms with Gasteiger partial charge in [-0.3, -0.25) is 4.79 Å². The minimum Gasteiger partial charge on any atom is -0.378 e. The molecular formula is C16H20N2O. The number of nitrogens with zero attached hydrogens (tertiary/aromatic N) is 1. The van der Waals surface area contributed by atoms with Gasteiger partial charge in [0, 0.05) is 31.4 Å². The molecule has 1 amide bonds. The molecule has 0 heterocycles. The number of benzene rings is 1. The third-order valence-corrected chi connectivity index (χ3v) is 4.24. The van der Waals surface area contributed by atoms with Crippen LogP contribution < -0.4 is 10.2 Å². The normalized spacial score (nSPS) is 27.6. The number of carbonyl (C=O) groups excluding carboxylic acids is 1. The molecule has 0 saturated heterocycles. The van der Waals surface area contributed by atoms with Crippen molar-refractivity contribution in [3.8, 4) is 0 Å². The number of rotatable bonds is 3. The van der Waals surface area contributed by atoms with E-state index in [4.69, 9.17) is 0 Å². The zero-order valence-corrected chi connectivity index (χ0v) is 11.5. The Morgan fingerprint density at radius 3 is 2.42 bits per heavy atom. The maximum absolute atomic E-state index is 12.2. The van der Waals surface area contributed by atoms with E-state index in [-0.39, 0.29) is 5.91 Å². The monoisotopic (exact) mass is 256 g/mol. The molecule has 0 aliphatic heterocycles. The van der Waals surface area contributed by atoms with E-state index in [2.05, 4.69) is 17.5 Å². The van der Waals surface area contributed by atoms with Gasteiger partial charge in [-0.2, -0.15) is 0 Å². The lowest BCUT2D eigenvalue weighted by Gasteiger charge is -2.20. The molecule has 1 aromatic carbocycles. The second-order valence-electron chi connectivity index (χ2n) is 5.80. The van der Waals surface area contributed by atoms with Crippen LogP contribution in [0.4, 0.5) is 5.69 Å². The van der Waals surface area contributed by atoms with Gasteiger partial charge in [0.1, 0.15) is 0 Å². The summed E-state index contributed by atoms with van der Waals surface area (Å²) in [4.78, 5) is 14.2. The lowest BCUT2D eigenvalue weighted by atomic mass is 10.0. The van der Waals surface area contributed by atoms with Gasteiger partial charge < -0.3 is 10.2 Å². The Balaban J connectivity index is 1.65. The van der Waals surface area contributed by atoms with Crippen molar-refractivity contribution in [3.05, 3.63) is 42.0 Å². The van der Waals surface area contributed by atoms with Gasteiger partial charge in [0.2, 0.25) is 0 Å². The van der Waals surface area contributed by atoms with Crippen LogP contribution in [-0.4, -0.2) is 26.0 Å². The second kappa shape index (κ2) is 4.72. The van der Waals surface area contributed by atoms with E-state index < -0.39 is 0 Å². The predicted molar refractivity (Wildman–Crippen MR) is 77.4 cm³/mol. The first-order valence-electron chi connectivity index (χ1n) is 6.90. The Bertz CT molecular complexity index is 504. The zero-order chi connectivity index (χ0) is 13.4. The Morgan fingerprint density at radius 2 is 1.89 bits per heavy atom. The van der Waals surface area contributed by atoms with Crippen molar-refractivity contribution in [1.29, 1.82) is 0 Å². The first kappa shape index (κ1) is 12.3. The number of amides is 1. The van der Waals surface area contributed by atoms with Gasteiger partial charge in [0.25, 0.3) is 5.91 Å². The van der Waals surface area contributed by atoms with Gasteiger partial charge in [-0.25, -0.2) is 0 Å². The van der Waals surface area contributed by atoms with Gasteiger partial charge in [-0.05, 0) is 48.9 Å². The highest BCUT2D eigenvalue weighted by Gasteiger charge is 2.36. The first-order chi connectivity index (χ1) is 9.13. The molecule has 3 rings (SSSR count). The van der Waals surface area contributed by atoms with Crippen LogP contribution in [0.3, 0.4) is 0 Å². The molecule has 19 heavy (non-hydrogen) atoms. The highest BCUT2D eigenvalue weighted by molar-refractivity contribution is 5.94. The molecule has 2 aliphatic carbocycles. The molecule has 1 fully saturated rings. The maximum atomic E-state index is 12.2. The Morgan fingerprint density at radius 1 is 1.16 bits per heavy atom. The molecule has 0 spiro atoms. The first-order valence-corrected chi connectivity index (χ1v) is 6.90. The van der Waals surface area contributed by atoms with Crippen LogP contribution in [-0.2, 0) is 0 Å². The molecule has 1 N–H and O–H groups in total. The molecule has 1 saturated carbocycles. The summed E-state index contributed by atoms with van der Waals surface area (Å²) in [6.45, 7) is 0. The number of fused-ring (bicyclic) bond motifs is 2.